The summed E-state index contributed by atoms with van der Waals surface area (Å²) >= 11 is 0. The number of hydrogen-bond acceptors (Lipinski definition) is 6. The molecule has 0 unspecified atom stereocenters. The Labute approximate surface area is 152 Å². The lowest BCUT2D eigenvalue weighted by molar-refractivity contribution is -0.127. The number of carbonyl (C=O) groups excluding carboxylic acids is 1. The van der Waals surface area contributed by atoms with Crippen LogP contribution in [0, 0.1) is 19.8 Å². The Kier molecular flexibility index (Phi) is 4.74. The number of pyridine rings is 1. The second-order valence-corrected chi connectivity index (χ2v) is 7.22. The highest BCUT2D eigenvalue weighted by molar-refractivity contribution is 5.94. The van der Waals surface area contributed by atoms with E-state index in [1.165, 1.54) is 0 Å². The highest BCUT2D eigenvalue weighted by Crippen LogP contribution is 2.34. The molecule has 138 valence electrons. The molecule has 0 saturated carbocycles. The van der Waals surface area contributed by atoms with Crippen LogP contribution in [0.3, 0.4) is 0 Å². The van der Waals surface area contributed by atoms with Gasteiger partial charge in [-0.05, 0) is 51.3 Å². The molecule has 0 bridgehead atoms. The summed E-state index contributed by atoms with van der Waals surface area (Å²) in [6.45, 7) is 6.59. The van der Waals surface area contributed by atoms with Gasteiger partial charge >= 0.3 is 0 Å². The lowest BCUT2D eigenvalue weighted by Crippen LogP contribution is -2.42. The van der Waals surface area contributed by atoms with Crippen molar-refractivity contribution >= 4 is 11.6 Å². The highest BCUT2D eigenvalue weighted by Gasteiger charge is 2.42. The third-order valence-corrected chi connectivity index (χ3v) is 5.42. The monoisotopic (exact) mass is 356 g/mol. The second-order valence-electron chi connectivity index (χ2n) is 7.22. The molecule has 2 aliphatic heterocycles. The van der Waals surface area contributed by atoms with Crippen molar-refractivity contribution in [2.45, 2.75) is 45.4 Å². The van der Waals surface area contributed by atoms with Crippen LogP contribution in [0.1, 0.15) is 29.9 Å². The summed E-state index contributed by atoms with van der Waals surface area (Å²) in [7, 11) is 0. The van der Waals surface area contributed by atoms with Gasteiger partial charge in [-0.25, -0.2) is 0 Å². The molecule has 7 nitrogen and oxygen atoms in total. The molecular weight excluding hydrogens is 332 g/mol. The number of amides is 1. The first-order valence-electron chi connectivity index (χ1n) is 9.10. The average molecular weight is 356 g/mol. The standard InChI is InChI=1S/C19H24N4O3/c1-12-16(13(2)26-22-12)10-23-7-5-14-8-17(25-18(14)11-23)19(24)21-15-4-3-6-20-9-15/h3-4,6,9,14,17-18H,5,7-8,10-11H2,1-2H3,(H,21,24)/t14-,17-,18-/m0/s1. The minimum Gasteiger partial charge on any atom is -0.364 e. The predicted molar refractivity (Wildman–Crippen MR) is 95.5 cm³/mol. The number of anilines is 1. The number of nitrogens with zero attached hydrogens (tertiary/aromatic N) is 3. The van der Waals surface area contributed by atoms with Crippen molar-refractivity contribution in [1.29, 1.82) is 0 Å². The second kappa shape index (κ2) is 7.17. The van der Waals surface area contributed by atoms with Gasteiger partial charge in [0.2, 0.25) is 0 Å². The smallest absolute Gasteiger partial charge is 0.253 e. The van der Waals surface area contributed by atoms with E-state index in [-0.39, 0.29) is 18.1 Å². The van der Waals surface area contributed by atoms with Crippen molar-refractivity contribution in [3.63, 3.8) is 0 Å². The maximum atomic E-state index is 12.5. The van der Waals surface area contributed by atoms with Gasteiger partial charge < -0.3 is 14.6 Å². The first-order valence-corrected chi connectivity index (χ1v) is 9.10. The molecule has 1 N–H and O–H groups in total. The zero-order chi connectivity index (χ0) is 18.1. The lowest BCUT2D eigenvalue weighted by atomic mass is 9.91. The Bertz CT molecular complexity index is 757. The molecule has 2 aromatic rings. The normalized spacial score (nSPS) is 25.8. The van der Waals surface area contributed by atoms with Gasteiger partial charge in [0.1, 0.15) is 11.9 Å². The number of aromatic nitrogens is 2. The summed E-state index contributed by atoms with van der Waals surface area (Å²) < 4.78 is 11.4. The van der Waals surface area contributed by atoms with Crippen molar-refractivity contribution in [2.75, 3.05) is 18.4 Å². The van der Waals surface area contributed by atoms with Crippen LogP contribution in [0.4, 0.5) is 5.69 Å². The summed E-state index contributed by atoms with van der Waals surface area (Å²) in [6, 6.07) is 3.63. The summed E-state index contributed by atoms with van der Waals surface area (Å²) in [4.78, 5) is 18.9. The molecule has 7 heteroatoms. The summed E-state index contributed by atoms with van der Waals surface area (Å²) in [5.41, 5.74) is 2.81. The zero-order valence-corrected chi connectivity index (χ0v) is 15.1. The molecule has 0 aromatic carbocycles. The van der Waals surface area contributed by atoms with Crippen LogP contribution in [-0.2, 0) is 16.1 Å². The minimum atomic E-state index is -0.385. The van der Waals surface area contributed by atoms with E-state index in [0.717, 1.165) is 49.5 Å². The van der Waals surface area contributed by atoms with Gasteiger partial charge in [0.05, 0.1) is 23.7 Å². The Balaban J connectivity index is 1.35. The van der Waals surface area contributed by atoms with Gasteiger partial charge in [-0.1, -0.05) is 5.16 Å². The predicted octanol–water partition coefficient (Wildman–Crippen LogP) is 2.30. The molecule has 3 atom stereocenters. The number of ether oxygens (including phenoxy) is 1. The third kappa shape index (κ3) is 3.50. The fourth-order valence-electron chi connectivity index (χ4n) is 3.92. The fourth-order valence-corrected chi connectivity index (χ4v) is 3.92. The number of rotatable bonds is 4. The number of aryl methyl sites for hydroxylation is 2. The number of carbonyl (C=O) groups is 1. The van der Waals surface area contributed by atoms with Gasteiger partial charge in [0.15, 0.2) is 0 Å². The fraction of sp³-hybridized carbons (Fsp3) is 0.526. The summed E-state index contributed by atoms with van der Waals surface area (Å²) in [6.07, 6.45) is 4.88. The van der Waals surface area contributed by atoms with Crippen molar-refractivity contribution in [3.05, 3.63) is 41.5 Å². The first kappa shape index (κ1) is 17.2. The molecule has 1 amide bonds. The van der Waals surface area contributed by atoms with E-state index in [0.29, 0.717) is 11.6 Å². The molecule has 4 rings (SSSR count). The Hall–Kier alpha value is -2.25. The van der Waals surface area contributed by atoms with Gasteiger partial charge in [-0.3, -0.25) is 14.7 Å². The molecule has 26 heavy (non-hydrogen) atoms. The largest absolute Gasteiger partial charge is 0.364 e. The van der Waals surface area contributed by atoms with Gasteiger partial charge in [-0.2, -0.15) is 0 Å². The maximum Gasteiger partial charge on any atom is 0.253 e. The molecule has 2 fully saturated rings. The first-order chi connectivity index (χ1) is 12.6. The van der Waals surface area contributed by atoms with Crippen molar-refractivity contribution in [2.24, 2.45) is 5.92 Å². The van der Waals surface area contributed by atoms with Crippen molar-refractivity contribution < 1.29 is 14.1 Å². The highest BCUT2D eigenvalue weighted by atomic mass is 16.5. The van der Waals surface area contributed by atoms with E-state index in [9.17, 15) is 4.79 Å². The number of fused-ring (bicyclic) bond motifs is 1. The minimum absolute atomic E-state index is 0.0790. The van der Waals surface area contributed by atoms with E-state index in [2.05, 4.69) is 20.4 Å². The zero-order valence-electron chi connectivity index (χ0n) is 15.1. The van der Waals surface area contributed by atoms with Crippen LogP contribution in [0.5, 0.6) is 0 Å². The topological polar surface area (TPSA) is 80.5 Å². The number of hydrogen-bond donors (Lipinski definition) is 1. The van der Waals surface area contributed by atoms with Gasteiger partial charge in [0.25, 0.3) is 5.91 Å². The Morgan fingerprint density at radius 2 is 2.31 bits per heavy atom. The number of piperidine rings is 1. The lowest BCUT2D eigenvalue weighted by Gasteiger charge is -2.33. The van der Waals surface area contributed by atoms with E-state index < -0.39 is 0 Å². The summed E-state index contributed by atoms with van der Waals surface area (Å²) in [5, 5.41) is 6.93. The van der Waals surface area contributed by atoms with Gasteiger partial charge in [0, 0.05) is 24.8 Å². The maximum absolute atomic E-state index is 12.5. The molecule has 2 aliphatic rings. The Morgan fingerprint density at radius 1 is 1.42 bits per heavy atom. The summed E-state index contributed by atoms with van der Waals surface area (Å²) in [5.74, 6) is 1.25. The van der Waals surface area contributed by atoms with E-state index in [1.807, 2.05) is 19.9 Å². The molecule has 0 spiro atoms. The van der Waals surface area contributed by atoms with Crippen LogP contribution >= 0.6 is 0 Å². The van der Waals surface area contributed by atoms with Crippen LogP contribution in [-0.4, -0.2) is 46.2 Å². The SMILES string of the molecule is Cc1noc(C)c1CN1CC[C@H]2C[C@@H](C(=O)Nc3cccnc3)O[C@H]2C1. The van der Waals surface area contributed by atoms with Crippen LogP contribution in [0.2, 0.25) is 0 Å². The van der Waals surface area contributed by atoms with Gasteiger partial charge in [-0.15, -0.1) is 0 Å². The van der Waals surface area contributed by atoms with Crippen molar-refractivity contribution in [3.8, 4) is 0 Å². The molecule has 2 aromatic heterocycles. The molecule has 4 heterocycles. The van der Waals surface area contributed by atoms with Crippen LogP contribution in [0.15, 0.2) is 29.0 Å². The quantitative estimate of drug-likeness (QED) is 0.905. The van der Waals surface area contributed by atoms with Crippen molar-refractivity contribution in [1.82, 2.24) is 15.0 Å². The van der Waals surface area contributed by atoms with E-state index >= 15 is 0 Å². The third-order valence-electron chi connectivity index (χ3n) is 5.42. The van der Waals surface area contributed by atoms with Crippen LogP contribution < -0.4 is 5.32 Å². The number of likely N-dealkylation sites (tertiary alicyclic amines) is 1. The van der Waals surface area contributed by atoms with E-state index in [1.54, 1.807) is 18.5 Å². The van der Waals surface area contributed by atoms with E-state index in [4.69, 9.17) is 9.26 Å². The molecular formula is C19H24N4O3. The molecule has 0 aliphatic carbocycles. The number of nitrogens with one attached hydrogen (secondary N) is 1. The average Bonchev–Trinajstić information content (AvgIpc) is 3.21. The molecule has 0 radical (unpaired) electrons. The molecule has 2 saturated heterocycles. The Morgan fingerprint density at radius 3 is 3.04 bits per heavy atom. The van der Waals surface area contributed by atoms with Crippen LogP contribution in [0.25, 0.3) is 0 Å².